The van der Waals surface area contributed by atoms with E-state index in [1.54, 1.807) is 21.3 Å². The second-order valence-corrected chi connectivity index (χ2v) is 5.89. The number of nitrogens with zero attached hydrogens (tertiary/aromatic N) is 1. The van der Waals surface area contributed by atoms with Gasteiger partial charge in [-0.15, -0.1) is 0 Å². The van der Waals surface area contributed by atoms with Gasteiger partial charge in [-0.1, -0.05) is 0 Å². The van der Waals surface area contributed by atoms with Crippen molar-refractivity contribution in [1.82, 2.24) is 0 Å². The van der Waals surface area contributed by atoms with Gasteiger partial charge < -0.3 is 19.4 Å². The Kier molecular flexibility index (Phi) is 4.64. The van der Waals surface area contributed by atoms with E-state index in [4.69, 9.17) is 14.2 Å². The van der Waals surface area contributed by atoms with Crippen molar-refractivity contribution in [3.63, 3.8) is 0 Å². The number of hydrogen-bond acceptors (Lipinski definition) is 4. The normalized spacial score (nSPS) is 17.1. The smallest absolute Gasteiger partial charge is 0.203 e. The summed E-state index contributed by atoms with van der Waals surface area (Å²) in [5.74, 6) is 1.75. The van der Waals surface area contributed by atoms with Crippen LogP contribution in [0.25, 0.3) is 6.08 Å². The summed E-state index contributed by atoms with van der Waals surface area (Å²) in [6, 6.07) is 3.71. The number of hydrogen-bond donors (Lipinski definition) is 0. The lowest BCUT2D eigenvalue weighted by Crippen LogP contribution is -2.28. The van der Waals surface area contributed by atoms with Crippen molar-refractivity contribution in [3.8, 4) is 17.2 Å². The Bertz CT molecular complexity index is 592. The van der Waals surface area contributed by atoms with Gasteiger partial charge in [-0.25, -0.2) is 4.74 Å². The van der Waals surface area contributed by atoms with Crippen LogP contribution in [0.15, 0.2) is 18.2 Å². The minimum Gasteiger partial charge on any atom is -0.623 e. The molecule has 1 aromatic carbocycles. The summed E-state index contributed by atoms with van der Waals surface area (Å²) in [7, 11) is 4.73. The number of methoxy groups -OCH3 is 3. The predicted octanol–water partition coefficient (Wildman–Crippen LogP) is 3.25. The predicted molar refractivity (Wildman–Crippen MR) is 87.1 cm³/mol. The summed E-state index contributed by atoms with van der Waals surface area (Å²) in [4.78, 5) is 0. The molecule has 0 saturated heterocycles. The van der Waals surface area contributed by atoms with Gasteiger partial charge in [-0.05, 0) is 23.8 Å². The van der Waals surface area contributed by atoms with E-state index in [1.807, 2.05) is 38.1 Å². The van der Waals surface area contributed by atoms with E-state index >= 15 is 0 Å². The van der Waals surface area contributed by atoms with Gasteiger partial charge in [0.15, 0.2) is 22.7 Å². The van der Waals surface area contributed by atoms with E-state index in [0.29, 0.717) is 17.2 Å². The van der Waals surface area contributed by atoms with Crippen molar-refractivity contribution in [1.29, 1.82) is 0 Å². The van der Waals surface area contributed by atoms with Crippen LogP contribution in [-0.2, 0) is 0 Å². The molecule has 2 rings (SSSR count). The first-order chi connectivity index (χ1) is 10.4. The van der Waals surface area contributed by atoms with E-state index in [1.165, 1.54) is 0 Å². The molecule has 120 valence electrons. The fourth-order valence-electron chi connectivity index (χ4n) is 2.57. The summed E-state index contributed by atoms with van der Waals surface area (Å²) in [5.41, 5.74) is 1.36. The monoisotopic (exact) mass is 305 g/mol. The van der Waals surface area contributed by atoms with Gasteiger partial charge in [0.1, 0.15) is 0 Å². The highest BCUT2D eigenvalue weighted by Crippen LogP contribution is 2.38. The molecule has 0 spiro atoms. The van der Waals surface area contributed by atoms with Gasteiger partial charge in [0.25, 0.3) is 0 Å². The van der Waals surface area contributed by atoms with Crippen molar-refractivity contribution in [2.24, 2.45) is 0 Å². The summed E-state index contributed by atoms with van der Waals surface area (Å²) in [5, 5.41) is 12.2. The lowest BCUT2D eigenvalue weighted by atomic mass is 10.0. The number of allylic oxidation sites excluding steroid dienone is 1. The molecule has 1 heterocycles. The van der Waals surface area contributed by atoms with Gasteiger partial charge >= 0.3 is 0 Å². The second kappa shape index (κ2) is 6.30. The fourth-order valence-corrected chi connectivity index (χ4v) is 2.57. The molecule has 0 aliphatic carbocycles. The average molecular weight is 305 g/mol. The molecule has 0 N–H and O–H groups in total. The van der Waals surface area contributed by atoms with Crippen LogP contribution < -0.4 is 14.2 Å². The molecule has 0 amide bonds. The molecule has 0 radical (unpaired) electrons. The van der Waals surface area contributed by atoms with E-state index in [0.717, 1.165) is 28.9 Å². The third-order valence-corrected chi connectivity index (χ3v) is 3.96. The summed E-state index contributed by atoms with van der Waals surface area (Å²) < 4.78 is 17.1. The van der Waals surface area contributed by atoms with E-state index < -0.39 is 0 Å². The molecule has 0 atom stereocenters. The Hall–Kier alpha value is -2.17. The minimum absolute atomic E-state index is 0.324. The maximum atomic E-state index is 12.2. The first-order valence-corrected chi connectivity index (χ1v) is 7.24. The largest absolute Gasteiger partial charge is 0.623 e. The average Bonchev–Trinajstić information content (AvgIpc) is 2.78. The first-order valence-electron chi connectivity index (χ1n) is 7.24. The van der Waals surface area contributed by atoms with Gasteiger partial charge in [0.05, 0.1) is 21.3 Å². The Balaban J connectivity index is 2.34. The number of benzene rings is 1. The summed E-state index contributed by atoms with van der Waals surface area (Å²) in [6.45, 7) is 3.92. The van der Waals surface area contributed by atoms with Crippen molar-refractivity contribution < 1.29 is 18.9 Å². The zero-order valence-electron chi connectivity index (χ0n) is 13.8. The standard InChI is InChI=1S/C17H23NO4/c1-17(2)9-8-13(18(17)19)7-6-12-10-14(20-3)16(22-5)15(11-12)21-4/h6-7,10-11H,8-9H2,1-5H3/b7-6+. The van der Waals surface area contributed by atoms with Crippen LogP contribution in [0.5, 0.6) is 17.2 Å². The number of ether oxygens (including phenoxy) is 3. The molecule has 1 aromatic rings. The molecule has 0 unspecified atom stereocenters. The highest BCUT2D eigenvalue weighted by atomic mass is 16.5. The SMILES string of the molecule is COc1cc(/C=C/C2=[N+]([O-])C(C)(C)CC2)cc(OC)c1OC. The highest BCUT2D eigenvalue weighted by molar-refractivity contribution is 5.95. The number of rotatable bonds is 5. The van der Waals surface area contributed by atoms with Crippen LogP contribution in [0.2, 0.25) is 0 Å². The zero-order chi connectivity index (χ0) is 16.3. The van der Waals surface area contributed by atoms with Gasteiger partial charge in [-0.3, -0.25) is 0 Å². The molecule has 5 nitrogen and oxygen atoms in total. The topological polar surface area (TPSA) is 53.8 Å². The maximum Gasteiger partial charge on any atom is 0.203 e. The van der Waals surface area contributed by atoms with Crippen LogP contribution in [0, 0.1) is 5.21 Å². The van der Waals surface area contributed by atoms with E-state index in [-0.39, 0.29) is 5.54 Å². The molecule has 1 aliphatic rings. The van der Waals surface area contributed by atoms with Crippen molar-refractivity contribution in [2.75, 3.05) is 21.3 Å². The Morgan fingerprint density at radius 1 is 1.05 bits per heavy atom. The van der Waals surface area contributed by atoms with Crippen molar-refractivity contribution in [2.45, 2.75) is 32.2 Å². The quantitative estimate of drug-likeness (QED) is 0.619. The zero-order valence-corrected chi connectivity index (χ0v) is 13.8. The van der Waals surface area contributed by atoms with Crippen LogP contribution in [-0.4, -0.2) is 37.3 Å². The molecular weight excluding hydrogens is 282 g/mol. The lowest BCUT2D eigenvalue weighted by molar-refractivity contribution is -0.530. The molecular formula is C17H23NO4. The maximum absolute atomic E-state index is 12.2. The van der Waals surface area contributed by atoms with Crippen molar-refractivity contribution in [3.05, 3.63) is 29.0 Å². The summed E-state index contributed by atoms with van der Waals surface area (Å²) >= 11 is 0. The third-order valence-electron chi connectivity index (χ3n) is 3.96. The first kappa shape index (κ1) is 16.2. The molecule has 1 aliphatic heterocycles. The van der Waals surface area contributed by atoms with E-state index in [2.05, 4.69) is 0 Å². The van der Waals surface area contributed by atoms with Crippen LogP contribution in [0.4, 0.5) is 0 Å². The molecule has 22 heavy (non-hydrogen) atoms. The second-order valence-electron chi connectivity index (χ2n) is 5.89. The molecule has 5 heteroatoms. The minimum atomic E-state index is -0.324. The van der Waals surface area contributed by atoms with Crippen LogP contribution in [0.3, 0.4) is 0 Å². The lowest BCUT2D eigenvalue weighted by Gasteiger charge is -2.17. The van der Waals surface area contributed by atoms with Gasteiger partial charge in [0, 0.05) is 32.8 Å². The Morgan fingerprint density at radius 2 is 1.64 bits per heavy atom. The van der Waals surface area contributed by atoms with Crippen molar-refractivity contribution >= 4 is 11.8 Å². The molecule has 0 bridgehead atoms. The molecule has 0 saturated carbocycles. The van der Waals surface area contributed by atoms with Crippen LogP contribution in [0.1, 0.15) is 32.3 Å². The number of hydroxylamine groups is 1. The summed E-state index contributed by atoms with van der Waals surface area (Å²) in [6.07, 6.45) is 5.41. The van der Waals surface area contributed by atoms with Gasteiger partial charge in [0.2, 0.25) is 5.75 Å². The van der Waals surface area contributed by atoms with Gasteiger partial charge in [-0.2, -0.15) is 0 Å². The highest BCUT2D eigenvalue weighted by Gasteiger charge is 2.35. The fraction of sp³-hybridized carbons (Fsp3) is 0.471. The Labute approximate surface area is 131 Å². The Morgan fingerprint density at radius 3 is 2.05 bits per heavy atom. The third kappa shape index (κ3) is 3.03. The molecule has 0 aromatic heterocycles. The van der Waals surface area contributed by atoms with Crippen LogP contribution >= 0.6 is 0 Å². The van der Waals surface area contributed by atoms with E-state index in [9.17, 15) is 5.21 Å². The molecule has 0 fully saturated rings.